The highest BCUT2D eigenvalue weighted by Gasteiger charge is 2.34. The lowest BCUT2D eigenvalue weighted by molar-refractivity contribution is -0.137. The topological polar surface area (TPSA) is 49.8 Å². The lowest BCUT2D eigenvalue weighted by atomic mass is 9.94. The Morgan fingerprint density at radius 3 is 2.49 bits per heavy atom. The maximum Gasteiger partial charge on any atom is 0.305 e. The predicted molar refractivity (Wildman–Crippen MR) is 154 cm³/mol. The number of hydrogen-bond donors (Lipinski definition) is 1. The molecule has 0 amide bonds. The number of aliphatic carboxylic acids is 1. The second kappa shape index (κ2) is 11.3. The van der Waals surface area contributed by atoms with Crippen molar-refractivity contribution in [2.75, 3.05) is 18.6 Å². The summed E-state index contributed by atoms with van der Waals surface area (Å²) in [5, 5.41) is 9.55. The number of hydrogen-bond acceptors (Lipinski definition) is 3. The van der Waals surface area contributed by atoms with Crippen LogP contribution in [0, 0.1) is 19.7 Å². The van der Waals surface area contributed by atoms with Crippen LogP contribution >= 0.6 is 0 Å². The Balaban J connectivity index is 1.33. The first-order valence-corrected chi connectivity index (χ1v) is 13.4. The van der Waals surface area contributed by atoms with E-state index in [9.17, 15) is 14.3 Å². The second-order valence-electron chi connectivity index (χ2n) is 10.6. The van der Waals surface area contributed by atoms with Gasteiger partial charge in [-0.15, -0.1) is 0 Å². The highest BCUT2D eigenvalue weighted by Crippen LogP contribution is 2.37. The SMILES string of the molecule is COc1ccc(F)c(-c2ccc(Cc3ccc(N4C[C@H](c5cccc(C)c5)C[C@@H]4CC(=O)O)cc3)c(C)c2)c1. The van der Waals surface area contributed by atoms with Crippen molar-refractivity contribution >= 4 is 11.7 Å². The number of aryl methyl sites for hydroxylation is 2. The summed E-state index contributed by atoms with van der Waals surface area (Å²) in [5.41, 5.74) is 8.36. The maximum absolute atomic E-state index is 14.5. The van der Waals surface area contributed by atoms with Crippen molar-refractivity contribution in [3.63, 3.8) is 0 Å². The minimum absolute atomic E-state index is 0.0364. The molecule has 0 aromatic heterocycles. The molecule has 0 unspecified atom stereocenters. The number of nitrogens with zero attached hydrogens (tertiary/aromatic N) is 1. The van der Waals surface area contributed by atoms with Crippen molar-refractivity contribution in [1.29, 1.82) is 0 Å². The van der Waals surface area contributed by atoms with Crippen molar-refractivity contribution in [2.45, 2.75) is 45.1 Å². The Bertz CT molecular complexity index is 1480. The molecule has 2 atom stereocenters. The van der Waals surface area contributed by atoms with Gasteiger partial charge in [0.25, 0.3) is 0 Å². The van der Waals surface area contributed by atoms with E-state index in [1.807, 2.05) is 12.1 Å². The fraction of sp³-hybridized carbons (Fsp3) is 0.265. The van der Waals surface area contributed by atoms with Crippen LogP contribution in [0.5, 0.6) is 5.75 Å². The zero-order valence-electron chi connectivity index (χ0n) is 22.7. The van der Waals surface area contributed by atoms with E-state index >= 15 is 0 Å². The molecule has 1 heterocycles. The number of halogens is 1. The molecule has 5 rings (SSSR count). The molecule has 4 nitrogen and oxygen atoms in total. The predicted octanol–water partition coefficient (Wildman–Crippen LogP) is 7.55. The Kier molecular flexibility index (Phi) is 7.69. The number of methoxy groups -OCH3 is 1. The van der Waals surface area contributed by atoms with Gasteiger partial charge in [0.1, 0.15) is 11.6 Å². The van der Waals surface area contributed by atoms with Gasteiger partial charge in [0.2, 0.25) is 0 Å². The minimum Gasteiger partial charge on any atom is -0.497 e. The molecule has 4 aromatic carbocycles. The molecule has 1 saturated heterocycles. The Hall–Kier alpha value is -4.12. The first-order chi connectivity index (χ1) is 18.8. The molecule has 0 bridgehead atoms. The second-order valence-corrected chi connectivity index (χ2v) is 10.6. The average molecular weight is 524 g/mol. The van der Waals surface area contributed by atoms with Crippen molar-refractivity contribution in [2.24, 2.45) is 0 Å². The van der Waals surface area contributed by atoms with E-state index < -0.39 is 5.97 Å². The first-order valence-electron chi connectivity index (χ1n) is 13.4. The molecule has 1 N–H and O–H groups in total. The monoisotopic (exact) mass is 523 g/mol. The normalized spacial score (nSPS) is 16.9. The van der Waals surface area contributed by atoms with Crippen LogP contribution in [-0.2, 0) is 11.2 Å². The molecule has 0 aliphatic carbocycles. The maximum atomic E-state index is 14.5. The van der Waals surface area contributed by atoms with E-state index in [1.165, 1.54) is 28.3 Å². The van der Waals surface area contributed by atoms with Gasteiger partial charge in [-0.1, -0.05) is 60.2 Å². The highest BCUT2D eigenvalue weighted by molar-refractivity contribution is 5.69. The first kappa shape index (κ1) is 26.5. The summed E-state index contributed by atoms with van der Waals surface area (Å²) in [7, 11) is 1.58. The number of benzene rings is 4. The third-order valence-corrected chi connectivity index (χ3v) is 7.83. The van der Waals surface area contributed by atoms with Crippen molar-refractivity contribution in [1.82, 2.24) is 0 Å². The van der Waals surface area contributed by atoms with E-state index in [2.05, 4.69) is 73.3 Å². The lowest BCUT2D eigenvalue weighted by Gasteiger charge is -2.26. The summed E-state index contributed by atoms with van der Waals surface area (Å²) in [6.07, 6.45) is 1.72. The van der Waals surface area contributed by atoms with Crippen LogP contribution < -0.4 is 9.64 Å². The number of carboxylic acids is 1. The fourth-order valence-corrected chi connectivity index (χ4v) is 5.73. The Labute approximate surface area is 229 Å². The van der Waals surface area contributed by atoms with Gasteiger partial charge in [0.15, 0.2) is 0 Å². The summed E-state index contributed by atoms with van der Waals surface area (Å²) in [4.78, 5) is 13.9. The van der Waals surface area contributed by atoms with Crippen molar-refractivity contribution in [3.05, 3.63) is 119 Å². The van der Waals surface area contributed by atoms with Gasteiger partial charge in [-0.05, 0) is 84.8 Å². The summed E-state index contributed by atoms with van der Waals surface area (Å²) in [5.74, 6) is -0.0999. The van der Waals surface area contributed by atoms with Gasteiger partial charge >= 0.3 is 5.97 Å². The van der Waals surface area contributed by atoms with Crippen LogP contribution in [0.2, 0.25) is 0 Å². The van der Waals surface area contributed by atoms with Gasteiger partial charge in [-0.2, -0.15) is 0 Å². The molecule has 0 saturated carbocycles. The summed E-state index contributed by atoms with van der Waals surface area (Å²) in [6, 6.07) is 27.8. The van der Waals surface area contributed by atoms with Gasteiger partial charge < -0.3 is 14.7 Å². The highest BCUT2D eigenvalue weighted by atomic mass is 19.1. The number of carbonyl (C=O) groups is 1. The molecule has 4 aromatic rings. The number of ether oxygens (including phenoxy) is 1. The molecular formula is C34H34FNO3. The van der Waals surface area contributed by atoms with Gasteiger partial charge in [-0.25, -0.2) is 4.39 Å². The lowest BCUT2D eigenvalue weighted by Crippen LogP contribution is -2.31. The largest absolute Gasteiger partial charge is 0.497 e. The molecule has 0 spiro atoms. The standard InChI is InChI=1S/C34H34FNO3/c1-22-5-4-6-26(15-22)28-18-30(19-34(37)38)36(21-28)29-11-7-24(8-12-29)17-25-9-10-27(16-23(25)2)32-20-31(39-3)13-14-33(32)35/h4-16,20,28,30H,17-19,21H2,1-3H3,(H,37,38)/t28-,30-/m1/s1. The molecule has 5 heteroatoms. The molecule has 1 aliphatic heterocycles. The van der Waals surface area contributed by atoms with E-state index in [0.29, 0.717) is 17.2 Å². The quantitative estimate of drug-likeness (QED) is 0.259. The summed E-state index contributed by atoms with van der Waals surface area (Å²) in [6.45, 7) is 4.95. The Morgan fingerprint density at radius 1 is 1.00 bits per heavy atom. The number of anilines is 1. The van der Waals surface area contributed by atoms with Crippen LogP contribution in [0.4, 0.5) is 10.1 Å². The van der Waals surface area contributed by atoms with Gasteiger partial charge in [0, 0.05) is 29.8 Å². The van der Waals surface area contributed by atoms with E-state index in [0.717, 1.165) is 36.2 Å². The van der Waals surface area contributed by atoms with Crippen molar-refractivity contribution < 1.29 is 19.0 Å². The third kappa shape index (κ3) is 5.98. The van der Waals surface area contributed by atoms with Crippen LogP contribution in [0.25, 0.3) is 11.1 Å². The zero-order valence-corrected chi connectivity index (χ0v) is 22.7. The van der Waals surface area contributed by atoms with E-state index in [4.69, 9.17) is 4.74 Å². The molecule has 0 radical (unpaired) electrons. The summed E-state index contributed by atoms with van der Waals surface area (Å²) >= 11 is 0. The molecule has 39 heavy (non-hydrogen) atoms. The van der Waals surface area contributed by atoms with E-state index in [1.54, 1.807) is 19.2 Å². The van der Waals surface area contributed by atoms with Crippen LogP contribution in [0.15, 0.2) is 84.9 Å². The van der Waals surface area contributed by atoms with Crippen LogP contribution in [-0.4, -0.2) is 30.8 Å². The molecule has 1 fully saturated rings. The van der Waals surface area contributed by atoms with E-state index in [-0.39, 0.29) is 18.3 Å². The fourth-order valence-electron chi connectivity index (χ4n) is 5.73. The Morgan fingerprint density at radius 2 is 1.79 bits per heavy atom. The number of rotatable bonds is 8. The summed E-state index contributed by atoms with van der Waals surface area (Å²) < 4.78 is 19.8. The molecule has 200 valence electrons. The smallest absolute Gasteiger partial charge is 0.305 e. The van der Waals surface area contributed by atoms with Crippen LogP contribution in [0.1, 0.15) is 46.6 Å². The van der Waals surface area contributed by atoms with Crippen molar-refractivity contribution in [3.8, 4) is 16.9 Å². The van der Waals surface area contributed by atoms with Gasteiger partial charge in [-0.3, -0.25) is 4.79 Å². The average Bonchev–Trinajstić information content (AvgIpc) is 3.33. The van der Waals surface area contributed by atoms with Crippen LogP contribution in [0.3, 0.4) is 0 Å². The minimum atomic E-state index is -0.765. The third-order valence-electron chi connectivity index (χ3n) is 7.83. The van der Waals surface area contributed by atoms with Gasteiger partial charge in [0.05, 0.1) is 13.5 Å². The molecule has 1 aliphatic rings. The molecular weight excluding hydrogens is 489 g/mol. The number of carboxylic acid groups (broad SMARTS) is 1. The zero-order chi connectivity index (χ0) is 27.5.